The van der Waals surface area contributed by atoms with Crippen molar-refractivity contribution in [2.24, 2.45) is 0 Å². The first kappa shape index (κ1) is 10.4. The van der Waals surface area contributed by atoms with Gasteiger partial charge in [0, 0.05) is 26.2 Å². The van der Waals surface area contributed by atoms with Gasteiger partial charge in [-0.3, -0.25) is 9.69 Å². The first-order chi connectivity index (χ1) is 6.13. The second kappa shape index (κ2) is 4.55. The van der Waals surface area contributed by atoms with Crippen LogP contribution in [0.4, 0.5) is 0 Å². The molecule has 0 bridgehead atoms. The zero-order valence-electron chi connectivity index (χ0n) is 7.73. The summed E-state index contributed by atoms with van der Waals surface area (Å²) in [5.74, 6) is -0.947. The molecule has 2 atom stereocenters. The molecule has 1 aliphatic heterocycles. The minimum atomic E-state index is -0.947. The van der Waals surface area contributed by atoms with Gasteiger partial charge in [-0.2, -0.15) is 0 Å². The van der Waals surface area contributed by atoms with E-state index in [4.69, 9.17) is 5.11 Å². The monoisotopic (exact) mass is 188 g/mol. The van der Waals surface area contributed by atoms with E-state index >= 15 is 0 Å². The van der Waals surface area contributed by atoms with Gasteiger partial charge in [0.05, 0.1) is 6.10 Å². The largest absolute Gasteiger partial charge is 0.480 e. The Hall–Kier alpha value is -0.650. The van der Waals surface area contributed by atoms with Crippen molar-refractivity contribution in [3.63, 3.8) is 0 Å². The Labute approximate surface area is 77.3 Å². The van der Waals surface area contributed by atoms with Crippen LogP contribution in [0.2, 0.25) is 0 Å². The molecule has 0 aliphatic carbocycles. The molecule has 0 radical (unpaired) electrons. The van der Waals surface area contributed by atoms with E-state index in [1.807, 2.05) is 0 Å². The van der Waals surface area contributed by atoms with E-state index in [2.05, 4.69) is 5.32 Å². The van der Waals surface area contributed by atoms with Crippen molar-refractivity contribution >= 4 is 5.97 Å². The fourth-order valence-corrected chi connectivity index (χ4v) is 1.63. The second-order valence-corrected chi connectivity index (χ2v) is 3.31. The average molecular weight is 188 g/mol. The Morgan fingerprint density at radius 3 is 2.38 bits per heavy atom. The van der Waals surface area contributed by atoms with Crippen molar-refractivity contribution in [2.75, 3.05) is 26.2 Å². The van der Waals surface area contributed by atoms with Crippen molar-refractivity contribution in [1.29, 1.82) is 0 Å². The maximum Gasteiger partial charge on any atom is 0.323 e. The van der Waals surface area contributed by atoms with Crippen molar-refractivity contribution < 1.29 is 15.0 Å². The smallest absolute Gasteiger partial charge is 0.323 e. The lowest BCUT2D eigenvalue weighted by atomic mass is 10.1. The number of rotatable bonds is 3. The van der Waals surface area contributed by atoms with Crippen molar-refractivity contribution in [2.45, 2.75) is 19.1 Å². The van der Waals surface area contributed by atoms with Gasteiger partial charge in [0.2, 0.25) is 0 Å². The highest BCUT2D eigenvalue weighted by Gasteiger charge is 2.30. The van der Waals surface area contributed by atoms with Crippen molar-refractivity contribution in [1.82, 2.24) is 10.2 Å². The van der Waals surface area contributed by atoms with Crippen LogP contribution in [-0.4, -0.2) is 59.4 Å². The van der Waals surface area contributed by atoms with Crippen LogP contribution in [0.15, 0.2) is 0 Å². The number of carboxylic acid groups (broad SMARTS) is 1. The van der Waals surface area contributed by atoms with Crippen LogP contribution in [0.3, 0.4) is 0 Å². The zero-order chi connectivity index (χ0) is 9.84. The van der Waals surface area contributed by atoms with E-state index < -0.39 is 18.1 Å². The number of carbonyl (C=O) groups is 1. The summed E-state index contributed by atoms with van der Waals surface area (Å²) >= 11 is 0. The molecule has 0 aromatic heterocycles. The van der Waals surface area contributed by atoms with E-state index in [0.29, 0.717) is 13.1 Å². The number of hydrogen-bond acceptors (Lipinski definition) is 4. The number of hydrogen-bond donors (Lipinski definition) is 3. The Morgan fingerprint density at radius 1 is 1.46 bits per heavy atom. The molecular formula is C8H16N2O3. The Balaban J connectivity index is 2.57. The number of aliphatic hydroxyl groups excluding tert-OH is 1. The maximum atomic E-state index is 10.8. The summed E-state index contributed by atoms with van der Waals surface area (Å²) in [4.78, 5) is 12.6. The van der Waals surface area contributed by atoms with Gasteiger partial charge in [0.15, 0.2) is 0 Å². The van der Waals surface area contributed by atoms with Crippen LogP contribution in [0.5, 0.6) is 0 Å². The van der Waals surface area contributed by atoms with Gasteiger partial charge in [-0.05, 0) is 6.92 Å². The van der Waals surface area contributed by atoms with E-state index in [-0.39, 0.29) is 0 Å². The van der Waals surface area contributed by atoms with Gasteiger partial charge < -0.3 is 15.5 Å². The van der Waals surface area contributed by atoms with E-state index in [9.17, 15) is 9.90 Å². The predicted molar refractivity (Wildman–Crippen MR) is 47.5 cm³/mol. The average Bonchev–Trinajstić information content (AvgIpc) is 2.04. The minimum Gasteiger partial charge on any atom is -0.480 e. The fourth-order valence-electron chi connectivity index (χ4n) is 1.63. The lowest BCUT2D eigenvalue weighted by molar-refractivity contribution is -0.147. The van der Waals surface area contributed by atoms with E-state index in [1.165, 1.54) is 6.92 Å². The fraction of sp³-hybridized carbons (Fsp3) is 0.875. The molecule has 5 nitrogen and oxygen atoms in total. The summed E-state index contributed by atoms with van der Waals surface area (Å²) in [5.41, 5.74) is 0. The Bertz CT molecular complexity index is 178. The summed E-state index contributed by atoms with van der Waals surface area (Å²) in [6, 6.07) is -0.762. The normalized spacial score (nSPS) is 23.8. The molecule has 0 aromatic rings. The molecule has 2 unspecified atom stereocenters. The summed E-state index contributed by atoms with van der Waals surface area (Å²) in [7, 11) is 0. The number of nitrogens with zero attached hydrogens (tertiary/aromatic N) is 1. The second-order valence-electron chi connectivity index (χ2n) is 3.31. The lowest BCUT2D eigenvalue weighted by Gasteiger charge is -2.33. The first-order valence-electron chi connectivity index (χ1n) is 4.48. The number of nitrogens with one attached hydrogen (secondary N) is 1. The van der Waals surface area contributed by atoms with Gasteiger partial charge in [-0.15, -0.1) is 0 Å². The number of aliphatic hydroxyl groups is 1. The van der Waals surface area contributed by atoms with E-state index in [1.54, 1.807) is 4.90 Å². The van der Waals surface area contributed by atoms with Gasteiger partial charge >= 0.3 is 5.97 Å². The number of carboxylic acids is 1. The summed E-state index contributed by atoms with van der Waals surface area (Å²) < 4.78 is 0. The summed E-state index contributed by atoms with van der Waals surface area (Å²) in [6.07, 6.45) is -0.824. The maximum absolute atomic E-state index is 10.8. The first-order valence-corrected chi connectivity index (χ1v) is 4.48. The molecule has 0 spiro atoms. The standard InChI is InChI=1S/C8H16N2O3/c1-6(11)7(8(12)13)10-4-2-9-3-5-10/h6-7,9,11H,2-5H2,1H3,(H,12,13). The summed E-state index contributed by atoms with van der Waals surface area (Å²) in [5, 5.41) is 21.3. The third kappa shape index (κ3) is 2.65. The molecule has 0 amide bonds. The highest BCUT2D eigenvalue weighted by atomic mass is 16.4. The topological polar surface area (TPSA) is 72.8 Å². The molecule has 3 N–H and O–H groups in total. The Morgan fingerprint density at radius 2 is 2.00 bits per heavy atom. The minimum absolute atomic E-state index is 0.682. The van der Waals surface area contributed by atoms with E-state index in [0.717, 1.165) is 13.1 Å². The zero-order valence-corrected chi connectivity index (χ0v) is 7.73. The highest BCUT2D eigenvalue weighted by Crippen LogP contribution is 2.06. The van der Waals surface area contributed by atoms with Crippen LogP contribution in [0, 0.1) is 0 Å². The molecule has 5 heteroatoms. The van der Waals surface area contributed by atoms with Gasteiger partial charge in [-0.25, -0.2) is 0 Å². The quantitative estimate of drug-likeness (QED) is 0.515. The molecule has 1 aliphatic rings. The highest BCUT2D eigenvalue weighted by molar-refractivity contribution is 5.74. The molecule has 1 saturated heterocycles. The van der Waals surface area contributed by atoms with Crippen molar-refractivity contribution in [3.05, 3.63) is 0 Å². The van der Waals surface area contributed by atoms with Crippen LogP contribution in [-0.2, 0) is 4.79 Å². The third-order valence-electron chi connectivity index (χ3n) is 2.25. The summed E-state index contributed by atoms with van der Waals surface area (Å²) in [6.45, 7) is 4.46. The van der Waals surface area contributed by atoms with Crippen LogP contribution in [0.25, 0.3) is 0 Å². The third-order valence-corrected chi connectivity index (χ3v) is 2.25. The SMILES string of the molecule is CC(O)C(C(=O)O)N1CCNCC1. The Kier molecular flexibility index (Phi) is 3.65. The van der Waals surface area contributed by atoms with Crippen molar-refractivity contribution in [3.8, 4) is 0 Å². The molecule has 76 valence electrons. The molecule has 1 fully saturated rings. The molecule has 13 heavy (non-hydrogen) atoms. The van der Waals surface area contributed by atoms with Crippen LogP contribution >= 0.6 is 0 Å². The number of piperazine rings is 1. The predicted octanol–water partition coefficient (Wildman–Crippen LogP) is -1.27. The van der Waals surface area contributed by atoms with Gasteiger partial charge in [-0.1, -0.05) is 0 Å². The lowest BCUT2D eigenvalue weighted by Crippen LogP contribution is -2.55. The van der Waals surface area contributed by atoms with Gasteiger partial charge in [0.1, 0.15) is 6.04 Å². The molecule has 0 aromatic carbocycles. The molecular weight excluding hydrogens is 172 g/mol. The molecule has 0 saturated carbocycles. The van der Waals surface area contributed by atoms with Crippen LogP contribution in [0.1, 0.15) is 6.92 Å². The number of aliphatic carboxylic acids is 1. The van der Waals surface area contributed by atoms with Crippen LogP contribution < -0.4 is 5.32 Å². The van der Waals surface area contributed by atoms with Gasteiger partial charge in [0.25, 0.3) is 0 Å². The molecule has 1 rings (SSSR count). The molecule has 1 heterocycles.